The third-order valence-electron chi connectivity index (χ3n) is 4.49. The molecule has 0 saturated carbocycles. The Hall–Kier alpha value is -2.99. The Bertz CT molecular complexity index is 937. The molecule has 0 amide bonds. The maximum Gasteiger partial charge on any atom is 0.194 e. The maximum absolute atomic E-state index is 12.2. The van der Waals surface area contributed by atoms with Gasteiger partial charge in [0.2, 0.25) is 0 Å². The van der Waals surface area contributed by atoms with Crippen molar-refractivity contribution in [3.63, 3.8) is 0 Å². The van der Waals surface area contributed by atoms with Gasteiger partial charge in [0.25, 0.3) is 0 Å². The minimum absolute atomic E-state index is 0.0999. The normalized spacial score (nSPS) is 18.4. The number of nitrogens with zero attached hydrogens (tertiary/aromatic N) is 1. The number of hydrogen-bond donors (Lipinski definition) is 3. The number of Topliss-reactive ketones (excluding diaryl/α,β-unsaturated/α-hetero) is 1. The first-order valence-electron chi connectivity index (χ1n) is 8.61. The third kappa shape index (κ3) is 3.75. The van der Waals surface area contributed by atoms with E-state index in [4.69, 9.17) is 16.3 Å². The molecule has 2 aliphatic rings. The number of benzene rings is 2. The molecule has 2 heterocycles. The predicted octanol–water partition coefficient (Wildman–Crippen LogP) is 3.51. The van der Waals surface area contributed by atoms with Crippen molar-refractivity contribution in [2.75, 3.05) is 24.3 Å². The van der Waals surface area contributed by atoms with Gasteiger partial charge in [0.1, 0.15) is 5.75 Å². The number of nitrogens with one attached hydrogen (secondary N) is 3. The van der Waals surface area contributed by atoms with Gasteiger partial charge in [-0.2, -0.15) is 0 Å². The summed E-state index contributed by atoms with van der Waals surface area (Å²) in [6.45, 7) is 0.269. The molecule has 0 fully saturated rings. The SMILES string of the molecule is COc1ccc(NC2N=CC3=C(N2)c2ccc(Cl)cc2NCC(=O)C3)cc1. The lowest BCUT2D eigenvalue weighted by atomic mass is 9.98. The summed E-state index contributed by atoms with van der Waals surface area (Å²) in [7, 11) is 1.64. The second kappa shape index (κ2) is 7.32. The summed E-state index contributed by atoms with van der Waals surface area (Å²) in [5.41, 5.74) is 4.45. The Morgan fingerprint density at radius 1 is 1.22 bits per heavy atom. The predicted molar refractivity (Wildman–Crippen MR) is 109 cm³/mol. The van der Waals surface area contributed by atoms with Crippen molar-refractivity contribution >= 4 is 40.7 Å². The molecule has 138 valence electrons. The van der Waals surface area contributed by atoms with E-state index in [-0.39, 0.29) is 18.6 Å². The van der Waals surface area contributed by atoms with E-state index in [0.29, 0.717) is 11.4 Å². The van der Waals surface area contributed by atoms with Gasteiger partial charge in [0.05, 0.1) is 19.4 Å². The van der Waals surface area contributed by atoms with E-state index in [0.717, 1.165) is 34.0 Å². The highest BCUT2D eigenvalue weighted by molar-refractivity contribution is 6.31. The number of hydrogen-bond acceptors (Lipinski definition) is 6. The summed E-state index contributed by atoms with van der Waals surface area (Å²) in [4.78, 5) is 16.7. The summed E-state index contributed by atoms with van der Waals surface area (Å²) in [5, 5.41) is 10.5. The van der Waals surface area contributed by atoms with E-state index < -0.39 is 0 Å². The standard InChI is InChI=1S/C20H19ClN4O2/c1-27-16-5-3-14(4-6-16)24-20-23-10-12-8-15(26)11-22-18-9-13(21)2-7-17(18)19(12)25-20/h2-7,9-10,20,22,24-25H,8,11H2,1H3. The van der Waals surface area contributed by atoms with Crippen molar-refractivity contribution in [2.45, 2.75) is 12.7 Å². The van der Waals surface area contributed by atoms with Crippen LogP contribution in [0.2, 0.25) is 5.02 Å². The molecule has 2 aromatic rings. The number of anilines is 2. The van der Waals surface area contributed by atoms with E-state index in [9.17, 15) is 4.79 Å². The highest BCUT2D eigenvalue weighted by Gasteiger charge is 2.23. The molecular formula is C20H19ClN4O2. The first-order valence-corrected chi connectivity index (χ1v) is 8.99. The van der Waals surface area contributed by atoms with Gasteiger partial charge in [-0.1, -0.05) is 11.6 Å². The van der Waals surface area contributed by atoms with E-state index in [2.05, 4.69) is 20.9 Å². The Balaban J connectivity index is 1.62. The van der Waals surface area contributed by atoms with Gasteiger partial charge in [-0.15, -0.1) is 0 Å². The monoisotopic (exact) mass is 382 g/mol. The van der Waals surface area contributed by atoms with E-state index in [1.54, 1.807) is 13.3 Å². The second-order valence-electron chi connectivity index (χ2n) is 6.36. The second-order valence-corrected chi connectivity index (χ2v) is 6.79. The molecule has 1 unspecified atom stereocenters. The van der Waals surface area contributed by atoms with Crippen LogP contribution in [0.1, 0.15) is 12.0 Å². The van der Waals surface area contributed by atoms with E-state index in [1.165, 1.54) is 0 Å². The minimum Gasteiger partial charge on any atom is -0.497 e. The number of fused-ring (bicyclic) bond motifs is 2. The quantitative estimate of drug-likeness (QED) is 0.757. The average Bonchev–Trinajstić information content (AvgIpc) is 2.67. The highest BCUT2D eigenvalue weighted by Crippen LogP contribution is 2.32. The van der Waals surface area contributed by atoms with E-state index >= 15 is 0 Å². The first-order chi connectivity index (χ1) is 13.1. The molecule has 2 aliphatic heterocycles. The maximum atomic E-state index is 12.2. The summed E-state index contributed by atoms with van der Waals surface area (Å²) < 4.78 is 5.18. The zero-order valence-electron chi connectivity index (χ0n) is 14.8. The number of allylic oxidation sites excluding steroid dienone is 1. The lowest BCUT2D eigenvalue weighted by Crippen LogP contribution is -2.38. The number of carbonyl (C=O) groups is 1. The molecule has 0 saturated heterocycles. The lowest BCUT2D eigenvalue weighted by Gasteiger charge is -2.28. The molecule has 0 aliphatic carbocycles. The molecule has 6 nitrogen and oxygen atoms in total. The van der Waals surface area contributed by atoms with Crippen LogP contribution in [0, 0.1) is 0 Å². The molecular weight excluding hydrogens is 364 g/mol. The van der Waals surface area contributed by atoms with Crippen molar-refractivity contribution in [3.05, 3.63) is 58.6 Å². The van der Waals surface area contributed by atoms with Gasteiger partial charge >= 0.3 is 0 Å². The van der Waals surface area contributed by atoms with Gasteiger partial charge in [-0.25, -0.2) is 4.99 Å². The number of methoxy groups -OCH3 is 1. The largest absolute Gasteiger partial charge is 0.497 e. The van der Waals surface area contributed by atoms with Crippen molar-refractivity contribution in [1.82, 2.24) is 5.32 Å². The van der Waals surface area contributed by atoms with Crippen LogP contribution >= 0.6 is 11.6 Å². The molecule has 0 spiro atoms. The van der Waals surface area contributed by atoms with Gasteiger partial charge in [-0.3, -0.25) is 4.79 Å². The summed E-state index contributed by atoms with van der Waals surface area (Å²) >= 11 is 6.13. The fourth-order valence-electron chi connectivity index (χ4n) is 3.15. The van der Waals surface area contributed by atoms with Crippen molar-refractivity contribution in [1.29, 1.82) is 0 Å². The van der Waals surface area contributed by atoms with Gasteiger partial charge < -0.3 is 20.7 Å². The zero-order valence-corrected chi connectivity index (χ0v) is 15.5. The fourth-order valence-corrected chi connectivity index (χ4v) is 3.32. The Morgan fingerprint density at radius 3 is 2.81 bits per heavy atom. The molecule has 0 aromatic heterocycles. The van der Waals surface area contributed by atoms with Gasteiger partial charge in [0.15, 0.2) is 12.1 Å². The van der Waals surface area contributed by atoms with Crippen LogP contribution in [0.5, 0.6) is 5.75 Å². The smallest absolute Gasteiger partial charge is 0.194 e. The minimum atomic E-state index is -0.352. The van der Waals surface area contributed by atoms with Crippen LogP contribution in [0.3, 0.4) is 0 Å². The number of halogens is 1. The van der Waals surface area contributed by atoms with Gasteiger partial charge in [-0.05, 0) is 42.5 Å². The number of carbonyl (C=O) groups excluding carboxylic acids is 1. The van der Waals surface area contributed by atoms with E-state index in [1.807, 2.05) is 42.5 Å². The molecule has 0 bridgehead atoms. The summed E-state index contributed by atoms with van der Waals surface area (Å²) in [6.07, 6.45) is 1.75. The van der Waals surface area contributed by atoms with Gasteiger partial charge in [0, 0.05) is 40.2 Å². The molecule has 3 N–H and O–H groups in total. The molecule has 27 heavy (non-hydrogen) atoms. The molecule has 0 radical (unpaired) electrons. The third-order valence-corrected chi connectivity index (χ3v) is 4.72. The topological polar surface area (TPSA) is 74.8 Å². The van der Waals surface area contributed by atoms with Crippen LogP contribution < -0.4 is 20.7 Å². The van der Waals surface area contributed by atoms with Crippen LogP contribution in [0.15, 0.2) is 53.0 Å². The number of ether oxygens (including phenoxy) is 1. The number of rotatable bonds is 3. The zero-order chi connectivity index (χ0) is 18.8. The number of aliphatic imine (C=N–C) groups is 1. The van der Waals surface area contributed by atoms with Crippen molar-refractivity contribution in [3.8, 4) is 5.75 Å². The lowest BCUT2D eigenvalue weighted by molar-refractivity contribution is -0.116. The Morgan fingerprint density at radius 2 is 2.04 bits per heavy atom. The molecule has 7 heteroatoms. The molecule has 1 atom stereocenters. The van der Waals surface area contributed by atoms with Crippen LogP contribution in [-0.2, 0) is 4.79 Å². The Kier molecular flexibility index (Phi) is 4.73. The molecule has 2 aromatic carbocycles. The number of ketones is 1. The van der Waals surface area contributed by atoms with Crippen molar-refractivity contribution in [2.24, 2.45) is 4.99 Å². The van der Waals surface area contributed by atoms with Crippen LogP contribution in [0.25, 0.3) is 5.70 Å². The Labute approximate surface area is 162 Å². The fraction of sp³-hybridized carbons (Fsp3) is 0.200. The van der Waals surface area contributed by atoms with Crippen LogP contribution in [0.4, 0.5) is 11.4 Å². The van der Waals surface area contributed by atoms with Crippen LogP contribution in [-0.4, -0.2) is 31.9 Å². The summed E-state index contributed by atoms with van der Waals surface area (Å²) in [5.74, 6) is 0.893. The summed E-state index contributed by atoms with van der Waals surface area (Å²) in [6, 6.07) is 13.2. The molecule has 4 rings (SSSR count). The highest BCUT2D eigenvalue weighted by atomic mass is 35.5. The average molecular weight is 383 g/mol. The first kappa shape index (κ1) is 17.4. The van der Waals surface area contributed by atoms with Crippen molar-refractivity contribution < 1.29 is 9.53 Å².